The first-order valence-electron chi connectivity index (χ1n) is 14.4. The van der Waals surface area contributed by atoms with Crippen LogP contribution in [0.1, 0.15) is 35.3 Å². The number of benzene rings is 4. The topological polar surface area (TPSA) is 41.9 Å². The van der Waals surface area contributed by atoms with Crippen LogP contribution in [-0.2, 0) is 34.0 Å². The molecule has 1 saturated heterocycles. The summed E-state index contributed by atoms with van der Waals surface area (Å²) in [6.45, 7) is 4.04. The van der Waals surface area contributed by atoms with E-state index in [-0.39, 0.29) is 17.8 Å². The van der Waals surface area contributed by atoms with E-state index in [0.717, 1.165) is 33.5 Å². The number of fused-ring (bicyclic) bond motifs is 1. The van der Waals surface area contributed by atoms with Crippen LogP contribution in [0.2, 0.25) is 0 Å². The molecule has 1 aliphatic rings. The van der Waals surface area contributed by atoms with Gasteiger partial charge in [-0.15, -0.1) is 0 Å². The van der Waals surface area contributed by atoms with Gasteiger partial charge in [-0.3, -0.25) is 0 Å². The van der Waals surface area contributed by atoms with Gasteiger partial charge in [0.1, 0.15) is 23.8 Å². The maximum absolute atomic E-state index is 15.6. The van der Waals surface area contributed by atoms with Gasteiger partial charge in [0.15, 0.2) is 0 Å². The first-order valence-corrected chi connectivity index (χ1v) is 14.4. The third kappa shape index (κ3) is 6.12. The molecule has 1 aliphatic heterocycles. The lowest BCUT2D eigenvalue weighted by molar-refractivity contribution is -0.207. The summed E-state index contributed by atoms with van der Waals surface area (Å²) in [5.41, 5.74) is 4.82. The minimum absolute atomic E-state index is 0.0863. The van der Waals surface area contributed by atoms with E-state index < -0.39 is 12.2 Å². The summed E-state index contributed by atoms with van der Waals surface area (Å²) < 4.78 is 42.8. The lowest BCUT2D eigenvalue weighted by Crippen LogP contribution is -2.47. The Bertz CT molecular complexity index is 1590. The number of nitrogens with zero attached hydrogens (tertiary/aromatic N) is 1. The second kappa shape index (κ2) is 12.9. The SMILES string of the molecule is COc1ccc(Cn2cc([C@@H]3OC[C@@H](C)[C@H](OCc4ccccc4)[C@H]3OCc3ccccc3)c3c(F)cccc32)cc1. The summed E-state index contributed by atoms with van der Waals surface area (Å²) in [5.74, 6) is 0.609. The van der Waals surface area contributed by atoms with Crippen LogP contribution in [-0.4, -0.2) is 30.5 Å². The maximum Gasteiger partial charge on any atom is 0.132 e. The maximum atomic E-state index is 15.6. The summed E-state index contributed by atoms with van der Waals surface area (Å²) in [6, 6.07) is 33.4. The predicted octanol–water partition coefficient (Wildman–Crippen LogP) is 7.72. The number of aromatic nitrogens is 1. The molecule has 4 atom stereocenters. The highest BCUT2D eigenvalue weighted by atomic mass is 19.1. The third-order valence-corrected chi connectivity index (χ3v) is 8.00. The fourth-order valence-electron chi connectivity index (χ4n) is 5.80. The van der Waals surface area contributed by atoms with Gasteiger partial charge in [-0.2, -0.15) is 0 Å². The van der Waals surface area contributed by atoms with Crippen LogP contribution < -0.4 is 4.74 Å². The Labute approximate surface area is 246 Å². The standard InChI is InChI=1S/C36H36FNO4/c1-25-22-40-35(36(42-24-28-12-7-4-8-13-28)34(25)41-23-27-10-5-3-6-11-27)30-21-38(32-15-9-14-31(37)33(30)32)20-26-16-18-29(39-2)19-17-26/h3-19,21,25,34-36H,20,22-24H2,1-2H3/t25-,34+,35+,36-/m1/s1. The van der Waals surface area contributed by atoms with Crippen LogP contribution in [0.5, 0.6) is 5.75 Å². The molecule has 0 saturated carbocycles. The molecule has 216 valence electrons. The molecule has 0 unspecified atom stereocenters. The summed E-state index contributed by atoms with van der Waals surface area (Å²) >= 11 is 0. The van der Waals surface area contributed by atoms with E-state index in [0.29, 0.717) is 31.8 Å². The molecular formula is C36H36FNO4. The number of halogens is 1. The van der Waals surface area contributed by atoms with Crippen molar-refractivity contribution in [1.82, 2.24) is 4.57 Å². The lowest BCUT2D eigenvalue weighted by atomic mass is 9.89. The van der Waals surface area contributed by atoms with Crippen molar-refractivity contribution in [3.63, 3.8) is 0 Å². The zero-order valence-electron chi connectivity index (χ0n) is 24.0. The van der Waals surface area contributed by atoms with Crippen LogP contribution in [0.4, 0.5) is 4.39 Å². The van der Waals surface area contributed by atoms with Gasteiger partial charge in [-0.05, 0) is 41.0 Å². The van der Waals surface area contributed by atoms with E-state index in [1.165, 1.54) is 6.07 Å². The Kier molecular flexibility index (Phi) is 8.65. The molecule has 6 rings (SSSR count). The highest BCUT2D eigenvalue weighted by Crippen LogP contribution is 2.40. The van der Waals surface area contributed by atoms with Crippen molar-refractivity contribution in [3.8, 4) is 5.75 Å². The van der Waals surface area contributed by atoms with Crippen molar-refractivity contribution in [2.24, 2.45) is 5.92 Å². The highest BCUT2D eigenvalue weighted by molar-refractivity contribution is 5.85. The van der Waals surface area contributed by atoms with Crippen molar-refractivity contribution in [1.29, 1.82) is 0 Å². The summed E-state index contributed by atoms with van der Waals surface area (Å²) in [4.78, 5) is 0. The van der Waals surface area contributed by atoms with Gasteiger partial charge in [0.05, 0.1) is 38.6 Å². The minimum Gasteiger partial charge on any atom is -0.497 e. The molecule has 0 bridgehead atoms. The zero-order chi connectivity index (χ0) is 28.9. The minimum atomic E-state index is -0.512. The molecule has 0 N–H and O–H groups in total. The fraction of sp³-hybridized carbons (Fsp3) is 0.278. The number of rotatable bonds is 10. The monoisotopic (exact) mass is 565 g/mol. The average molecular weight is 566 g/mol. The molecule has 4 aromatic carbocycles. The van der Waals surface area contributed by atoms with Gasteiger partial charge < -0.3 is 23.5 Å². The van der Waals surface area contributed by atoms with Gasteiger partial charge in [-0.1, -0.05) is 85.8 Å². The van der Waals surface area contributed by atoms with Crippen LogP contribution in [0.25, 0.3) is 10.9 Å². The second-order valence-electron chi connectivity index (χ2n) is 10.9. The molecule has 6 heteroatoms. The first kappa shape index (κ1) is 28.2. The smallest absolute Gasteiger partial charge is 0.132 e. The number of ether oxygens (including phenoxy) is 4. The average Bonchev–Trinajstić information content (AvgIpc) is 3.40. The molecule has 0 aliphatic carbocycles. The zero-order valence-corrected chi connectivity index (χ0v) is 24.0. The molecule has 42 heavy (non-hydrogen) atoms. The van der Waals surface area contributed by atoms with E-state index in [9.17, 15) is 0 Å². The Morgan fingerprint density at radius 2 is 1.40 bits per heavy atom. The Balaban J connectivity index is 1.36. The van der Waals surface area contributed by atoms with Gasteiger partial charge in [0, 0.05) is 29.6 Å². The number of methoxy groups -OCH3 is 1. The Hall–Kier alpha value is -3.97. The molecule has 1 aromatic heterocycles. The Morgan fingerprint density at radius 1 is 0.762 bits per heavy atom. The number of hydrogen-bond donors (Lipinski definition) is 0. The molecule has 1 fully saturated rings. The van der Waals surface area contributed by atoms with E-state index in [1.54, 1.807) is 13.2 Å². The normalized spacial score (nSPS) is 20.5. The third-order valence-electron chi connectivity index (χ3n) is 8.00. The molecule has 5 nitrogen and oxygen atoms in total. The molecule has 5 aromatic rings. The quantitative estimate of drug-likeness (QED) is 0.174. The second-order valence-corrected chi connectivity index (χ2v) is 10.9. The van der Waals surface area contributed by atoms with E-state index in [1.807, 2.05) is 85.1 Å². The van der Waals surface area contributed by atoms with Crippen LogP contribution >= 0.6 is 0 Å². The van der Waals surface area contributed by atoms with Gasteiger partial charge in [0.2, 0.25) is 0 Å². The van der Waals surface area contributed by atoms with Crippen LogP contribution in [0.15, 0.2) is 109 Å². The molecule has 2 heterocycles. The molecular weight excluding hydrogens is 529 g/mol. The van der Waals surface area contributed by atoms with Crippen molar-refractivity contribution < 1.29 is 23.3 Å². The fourth-order valence-corrected chi connectivity index (χ4v) is 5.80. The van der Waals surface area contributed by atoms with E-state index in [2.05, 4.69) is 23.6 Å². The number of hydrogen-bond acceptors (Lipinski definition) is 4. The molecule has 0 amide bonds. The van der Waals surface area contributed by atoms with Crippen molar-refractivity contribution >= 4 is 10.9 Å². The largest absolute Gasteiger partial charge is 0.497 e. The summed E-state index contributed by atoms with van der Waals surface area (Å²) in [5, 5.41) is 0.556. The van der Waals surface area contributed by atoms with Crippen molar-refractivity contribution in [2.75, 3.05) is 13.7 Å². The van der Waals surface area contributed by atoms with Crippen LogP contribution in [0.3, 0.4) is 0 Å². The highest BCUT2D eigenvalue weighted by Gasteiger charge is 2.42. The predicted molar refractivity (Wildman–Crippen MR) is 162 cm³/mol. The van der Waals surface area contributed by atoms with Crippen molar-refractivity contribution in [3.05, 3.63) is 137 Å². The molecule has 0 radical (unpaired) electrons. The summed E-state index contributed by atoms with van der Waals surface area (Å²) in [7, 11) is 1.65. The van der Waals surface area contributed by atoms with Gasteiger partial charge in [-0.25, -0.2) is 4.39 Å². The van der Waals surface area contributed by atoms with Crippen molar-refractivity contribution in [2.45, 2.75) is 45.0 Å². The van der Waals surface area contributed by atoms with Gasteiger partial charge in [0.25, 0.3) is 0 Å². The first-order chi connectivity index (χ1) is 20.6. The van der Waals surface area contributed by atoms with Crippen LogP contribution in [0, 0.1) is 11.7 Å². The summed E-state index contributed by atoms with van der Waals surface area (Å²) in [6.07, 6.45) is 0.810. The van der Waals surface area contributed by atoms with E-state index >= 15 is 4.39 Å². The van der Waals surface area contributed by atoms with E-state index in [4.69, 9.17) is 18.9 Å². The lowest BCUT2D eigenvalue weighted by Gasteiger charge is -2.41. The van der Waals surface area contributed by atoms with Gasteiger partial charge >= 0.3 is 0 Å². The Morgan fingerprint density at radius 3 is 2.05 bits per heavy atom. The molecule has 0 spiro atoms.